The molecular formula is C12H22N2O4. The van der Waals surface area contributed by atoms with Gasteiger partial charge < -0.3 is 20.4 Å². The molecule has 0 aromatic heterocycles. The van der Waals surface area contributed by atoms with Gasteiger partial charge in [0.1, 0.15) is 0 Å². The topological polar surface area (TPSA) is 89.9 Å². The molecule has 1 saturated heterocycles. The van der Waals surface area contributed by atoms with Crippen LogP contribution in [0.2, 0.25) is 0 Å². The summed E-state index contributed by atoms with van der Waals surface area (Å²) in [6, 6.07) is -0.420. The number of nitrogens with one attached hydrogen (secondary N) is 1. The number of aliphatic hydroxyl groups is 1. The van der Waals surface area contributed by atoms with Crippen molar-refractivity contribution in [3.63, 3.8) is 0 Å². The second-order valence-corrected chi connectivity index (χ2v) is 4.80. The minimum absolute atomic E-state index is 0.0398. The summed E-state index contributed by atoms with van der Waals surface area (Å²) in [5.41, 5.74) is 0. The predicted molar refractivity (Wildman–Crippen MR) is 66.2 cm³/mol. The number of hydrogen-bond donors (Lipinski definition) is 3. The maximum Gasteiger partial charge on any atom is 0.317 e. The van der Waals surface area contributed by atoms with Crippen LogP contribution in [0.25, 0.3) is 0 Å². The van der Waals surface area contributed by atoms with E-state index in [0.29, 0.717) is 6.54 Å². The van der Waals surface area contributed by atoms with Crippen molar-refractivity contribution in [2.45, 2.75) is 38.6 Å². The predicted octanol–water partition coefficient (Wildman–Crippen LogP) is 0.654. The number of aliphatic hydroxyl groups excluding tert-OH is 1. The van der Waals surface area contributed by atoms with E-state index in [4.69, 9.17) is 5.11 Å². The maximum absolute atomic E-state index is 12.0. The first kappa shape index (κ1) is 14.8. The minimum Gasteiger partial charge on any atom is -0.481 e. The van der Waals surface area contributed by atoms with Gasteiger partial charge in [-0.15, -0.1) is 0 Å². The number of carbonyl (C=O) groups excluding carboxylic acids is 1. The van der Waals surface area contributed by atoms with Crippen molar-refractivity contribution in [1.29, 1.82) is 0 Å². The first-order valence-electron chi connectivity index (χ1n) is 6.44. The van der Waals surface area contributed by atoms with Gasteiger partial charge in [-0.1, -0.05) is 19.8 Å². The van der Waals surface area contributed by atoms with Crippen molar-refractivity contribution in [1.82, 2.24) is 10.2 Å². The standard InChI is InChI=1S/C12H22N2O4/c1-9(11(16)17)7-13-12(18)14-6-4-2-3-5-10(14)8-15/h9-10,15H,2-8H2,1H3,(H,13,18)(H,16,17). The average Bonchev–Trinajstić information content (AvgIpc) is 2.60. The number of aliphatic carboxylic acids is 1. The van der Waals surface area contributed by atoms with Crippen LogP contribution in [-0.4, -0.2) is 52.9 Å². The van der Waals surface area contributed by atoms with Gasteiger partial charge in [0.25, 0.3) is 0 Å². The average molecular weight is 258 g/mol. The molecule has 2 amide bonds. The summed E-state index contributed by atoms with van der Waals surface area (Å²) in [6.07, 6.45) is 3.81. The van der Waals surface area contributed by atoms with Crippen LogP contribution in [0.15, 0.2) is 0 Å². The summed E-state index contributed by atoms with van der Waals surface area (Å²) < 4.78 is 0. The van der Waals surface area contributed by atoms with Crippen LogP contribution >= 0.6 is 0 Å². The molecule has 1 heterocycles. The molecule has 0 radical (unpaired) electrons. The minimum atomic E-state index is -0.926. The second-order valence-electron chi connectivity index (χ2n) is 4.80. The highest BCUT2D eigenvalue weighted by Crippen LogP contribution is 2.16. The Morgan fingerprint density at radius 3 is 2.72 bits per heavy atom. The molecule has 0 saturated carbocycles. The van der Waals surface area contributed by atoms with Crippen LogP contribution in [0.3, 0.4) is 0 Å². The van der Waals surface area contributed by atoms with Crippen molar-refractivity contribution >= 4 is 12.0 Å². The van der Waals surface area contributed by atoms with E-state index in [1.54, 1.807) is 11.8 Å². The van der Waals surface area contributed by atoms with Gasteiger partial charge in [0.2, 0.25) is 0 Å². The third-order valence-corrected chi connectivity index (χ3v) is 3.33. The SMILES string of the molecule is CC(CNC(=O)N1CCCCCC1CO)C(=O)O. The van der Waals surface area contributed by atoms with E-state index >= 15 is 0 Å². The molecule has 6 nitrogen and oxygen atoms in total. The van der Waals surface area contributed by atoms with Crippen LogP contribution in [0.4, 0.5) is 4.79 Å². The number of urea groups is 1. The number of hydrogen-bond acceptors (Lipinski definition) is 3. The molecule has 1 aliphatic heterocycles. The smallest absolute Gasteiger partial charge is 0.317 e. The van der Waals surface area contributed by atoms with Crippen LogP contribution in [-0.2, 0) is 4.79 Å². The lowest BCUT2D eigenvalue weighted by Crippen LogP contribution is -2.48. The molecule has 0 bridgehead atoms. The molecule has 2 unspecified atom stereocenters. The van der Waals surface area contributed by atoms with Crippen LogP contribution in [0, 0.1) is 5.92 Å². The zero-order chi connectivity index (χ0) is 13.5. The van der Waals surface area contributed by atoms with Gasteiger partial charge in [0, 0.05) is 13.1 Å². The maximum atomic E-state index is 12.0. The monoisotopic (exact) mass is 258 g/mol. The highest BCUT2D eigenvalue weighted by molar-refractivity contribution is 5.76. The highest BCUT2D eigenvalue weighted by atomic mass is 16.4. The number of carboxylic acid groups (broad SMARTS) is 1. The summed E-state index contributed by atoms with van der Waals surface area (Å²) in [4.78, 5) is 24.2. The Kier molecular flexibility index (Phi) is 5.91. The Morgan fingerprint density at radius 1 is 1.39 bits per heavy atom. The first-order chi connectivity index (χ1) is 8.56. The van der Waals surface area contributed by atoms with Gasteiger partial charge >= 0.3 is 12.0 Å². The van der Waals surface area contributed by atoms with E-state index in [-0.39, 0.29) is 25.2 Å². The van der Waals surface area contributed by atoms with Gasteiger partial charge in [0.05, 0.1) is 18.6 Å². The Morgan fingerprint density at radius 2 is 2.11 bits per heavy atom. The molecule has 1 aliphatic rings. The molecular weight excluding hydrogens is 236 g/mol. The van der Waals surface area contributed by atoms with E-state index < -0.39 is 11.9 Å². The number of likely N-dealkylation sites (tertiary alicyclic amines) is 1. The largest absolute Gasteiger partial charge is 0.481 e. The molecule has 18 heavy (non-hydrogen) atoms. The Hall–Kier alpha value is -1.30. The number of rotatable bonds is 4. The van der Waals surface area contributed by atoms with Gasteiger partial charge in [-0.05, 0) is 12.8 Å². The highest BCUT2D eigenvalue weighted by Gasteiger charge is 2.25. The molecule has 0 aromatic rings. The zero-order valence-electron chi connectivity index (χ0n) is 10.8. The lowest BCUT2D eigenvalue weighted by atomic mass is 10.1. The lowest BCUT2D eigenvalue weighted by Gasteiger charge is -2.29. The van der Waals surface area contributed by atoms with Gasteiger partial charge in [-0.2, -0.15) is 0 Å². The number of amides is 2. The van der Waals surface area contributed by atoms with Crippen molar-refractivity contribution in [2.75, 3.05) is 19.7 Å². The third-order valence-electron chi connectivity index (χ3n) is 3.33. The van der Waals surface area contributed by atoms with Gasteiger partial charge in [0.15, 0.2) is 0 Å². The Bertz CT molecular complexity index is 296. The molecule has 1 fully saturated rings. The summed E-state index contributed by atoms with van der Waals surface area (Å²) in [5.74, 6) is -1.53. The second kappa shape index (κ2) is 7.20. The number of carbonyl (C=O) groups is 2. The molecule has 0 spiro atoms. The van der Waals surface area contributed by atoms with Crippen molar-refractivity contribution in [3.05, 3.63) is 0 Å². The Balaban J connectivity index is 2.49. The van der Waals surface area contributed by atoms with Gasteiger partial charge in [-0.25, -0.2) is 4.79 Å². The molecule has 0 aliphatic carbocycles. The summed E-state index contributed by atoms with van der Waals surface area (Å²) in [7, 11) is 0. The van der Waals surface area contributed by atoms with E-state index in [2.05, 4.69) is 5.32 Å². The quantitative estimate of drug-likeness (QED) is 0.690. The number of nitrogens with zero attached hydrogens (tertiary/aromatic N) is 1. The third kappa shape index (κ3) is 4.18. The lowest BCUT2D eigenvalue weighted by molar-refractivity contribution is -0.140. The van der Waals surface area contributed by atoms with Crippen LogP contribution in [0.1, 0.15) is 32.6 Å². The summed E-state index contributed by atoms with van der Waals surface area (Å²) in [5, 5.41) is 20.6. The molecule has 3 N–H and O–H groups in total. The normalized spacial score (nSPS) is 22.1. The molecule has 104 valence electrons. The zero-order valence-corrected chi connectivity index (χ0v) is 10.8. The fraction of sp³-hybridized carbons (Fsp3) is 0.833. The van der Waals surface area contributed by atoms with Crippen molar-refractivity contribution < 1.29 is 19.8 Å². The number of carboxylic acids is 1. The Labute approximate surface area is 107 Å². The molecule has 1 rings (SSSR count). The summed E-state index contributed by atoms with van der Waals surface area (Å²) in [6.45, 7) is 2.25. The fourth-order valence-electron chi connectivity index (χ4n) is 2.06. The van der Waals surface area contributed by atoms with E-state index in [0.717, 1.165) is 25.7 Å². The van der Waals surface area contributed by atoms with Crippen LogP contribution in [0.5, 0.6) is 0 Å². The van der Waals surface area contributed by atoms with Crippen molar-refractivity contribution in [3.8, 4) is 0 Å². The molecule has 0 aromatic carbocycles. The van der Waals surface area contributed by atoms with E-state index in [1.807, 2.05) is 0 Å². The first-order valence-corrected chi connectivity index (χ1v) is 6.44. The summed E-state index contributed by atoms with van der Waals surface area (Å²) >= 11 is 0. The van der Waals surface area contributed by atoms with Crippen molar-refractivity contribution in [2.24, 2.45) is 5.92 Å². The molecule has 6 heteroatoms. The van der Waals surface area contributed by atoms with Gasteiger partial charge in [-0.3, -0.25) is 4.79 Å². The fourth-order valence-corrected chi connectivity index (χ4v) is 2.06. The molecule has 2 atom stereocenters. The van der Waals surface area contributed by atoms with E-state index in [1.165, 1.54) is 0 Å². The van der Waals surface area contributed by atoms with E-state index in [9.17, 15) is 14.7 Å². The van der Waals surface area contributed by atoms with Crippen LogP contribution < -0.4 is 5.32 Å².